The second-order valence-electron chi connectivity index (χ2n) is 6.24. The lowest BCUT2D eigenvalue weighted by atomic mass is 10.2. The molecule has 31 heavy (non-hydrogen) atoms. The van der Waals surface area contributed by atoms with Crippen molar-refractivity contribution in [3.8, 4) is 22.9 Å². The van der Waals surface area contributed by atoms with E-state index < -0.39 is 0 Å². The number of ether oxygens (including phenoxy) is 2. The summed E-state index contributed by atoms with van der Waals surface area (Å²) in [4.78, 5) is 12.4. The van der Waals surface area contributed by atoms with Crippen LogP contribution in [0.15, 0.2) is 54.2 Å². The minimum absolute atomic E-state index is 0.140. The maximum atomic E-state index is 12.4. The molecule has 7 nitrogen and oxygen atoms in total. The first kappa shape index (κ1) is 23.0. The fraction of sp³-hybridized carbons (Fsp3) is 0.190. The predicted octanol–water partition coefficient (Wildman–Crippen LogP) is 5.19. The summed E-state index contributed by atoms with van der Waals surface area (Å²) in [5.41, 5.74) is 1.37. The lowest BCUT2D eigenvalue weighted by molar-refractivity contribution is -0.113. The van der Waals surface area contributed by atoms with E-state index in [0.717, 1.165) is 5.56 Å². The smallest absolute Gasteiger partial charge is 0.234 e. The minimum atomic E-state index is -0.204. The molecule has 162 valence electrons. The predicted molar refractivity (Wildman–Crippen MR) is 125 cm³/mol. The zero-order valence-electron chi connectivity index (χ0n) is 16.9. The molecular weight excluding hydrogens is 459 g/mol. The van der Waals surface area contributed by atoms with Gasteiger partial charge in [-0.3, -0.25) is 9.36 Å². The molecule has 0 saturated heterocycles. The van der Waals surface area contributed by atoms with Gasteiger partial charge >= 0.3 is 0 Å². The molecule has 0 atom stereocenters. The zero-order chi connectivity index (χ0) is 22.4. The van der Waals surface area contributed by atoms with E-state index in [9.17, 15) is 4.79 Å². The summed E-state index contributed by atoms with van der Waals surface area (Å²) < 4.78 is 12.5. The Kier molecular flexibility index (Phi) is 7.84. The number of hydrogen-bond acceptors (Lipinski definition) is 6. The summed E-state index contributed by atoms with van der Waals surface area (Å²) in [6.07, 6.45) is 1.74. The minimum Gasteiger partial charge on any atom is -0.493 e. The highest BCUT2D eigenvalue weighted by Gasteiger charge is 2.17. The second-order valence-corrected chi connectivity index (χ2v) is 8.00. The van der Waals surface area contributed by atoms with Crippen molar-refractivity contribution in [1.82, 2.24) is 14.8 Å². The summed E-state index contributed by atoms with van der Waals surface area (Å²) in [5.74, 6) is 1.77. The number of allylic oxidation sites excluding steroid dienone is 1. The molecule has 0 unspecified atom stereocenters. The van der Waals surface area contributed by atoms with Gasteiger partial charge in [0.15, 0.2) is 22.5 Å². The Morgan fingerprint density at radius 3 is 2.58 bits per heavy atom. The van der Waals surface area contributed by atoms with Gasteiger partial charge in [0.25, 0.3) is 0 Å². The van der Waals surface area contributed by atoms with Crippen LogP contribution in [0.3, 0.4) is 0 Å². The van der Waals surface area contributed by atoms with Gasteiger partial charge in [-0.1, -0.05) is 41.0 Å². The van der Waals surface area contributed by atoms with Gasteiger partial charge in [-0.25, -0.2) is 0 Å². The van der Waals surface area contributed by atoms with Crippen LogP contribution in [0.2, 0.25) is 10.0 Å². The summed E-state index contributed by atoms with van der Waals surface area (Å²) in [6.45, 7) is 4.29. The number of halogens is 2. The molecule has 1 aromatic heterocycles. The number of anilines is 1. The molecule has 1 N–H and O–H groups in total. The molecule has 3 aromatic rings. The van der Waals surface area contributed by atoms with Gasteiger partial charge in [0.2, 0.25) is 5.91 Å². The number of nitrogens with one attached hydrogen (secondary N) is 1. The molecule has 1 heterocycles. The molecule has 0 spiro atoms. The Hall–Kier alpha value is -2.68. The molecule has 0 bridgehead atoms. The van der Waals surface area contributed by atoms with E-state index in [4.69, 9.17) is 32.7 Å². The largest absolute Gasteiger partial charge is 0.493 e. The van der Waals surface area contributed by atoms with Crippen molar-refractivity contribution in [3.63, 3.8) is 0 Å². The average Bonchev–Trinajstić information content (AvgIpc) is 3.17. The monoisotopic (exact) mass is 478 g/mol. The number of carbonyl (C=O) groups is 1. The van der Waals surface area contributed by atoms with Crippen molar-refractivity contribution in [2.24, 2.45) is 0 Å². The third-order valence-corrected chi connectivity index (χ3v) is 5.91. The van der Waals surface area contributed by atoms with E-state index in [1.807, 2.05) is 16.7 Å². The molecule has 0 aliphatic carbocycles. The first-order valence-electron chi connectivity index (χ1n) is 9.11. The van der Waals surface area contributed by atoms with Gasteiger partial charge in [-0.15, -0.1) is 16.8 Å². The van der Waals surface area contributed by atoms with Crippen LogP contribution < -0.4 is 14.8 Å². The molecule has 0 aliphatic heterocycles. The van der Waals surface area contributed by atoms with Crippen molar-refractivity contribution in [2.45, 2.75) is 11.7 Å². The normalized spacial score (nSPS) is 10.6. The summed E-state index contributed by atoms with van der Waals surface area (Å²) in [6, 6.07) is 10.4. The quantitative estimate of drug-likeness (QED) is 0.336. The molecule has 0 radical (unpaired) electrons. The second kappa shape index (κ2) is 10.6. The fourth-order valence-electron chi connectivity index (χ4n) is 2.78. The summed E-state index contributed by atoms with van der Waals surface area (Å²) in [7, 11) is 3.15. The van der Waals surface area contributed by atoms with Crippen LogP contribution in [0.5, 0.6) is 11.5 Å². The van der Waals surface area contributed by atoms with Gasteiger partial charge in [-0.05, 0) is 36.4 Å². The van der Waals surface area contributed by atoms with Gasteiger partial charge in [0.1, 0.15) is 0 Å². The first-order chi connectivity index (χ1) is 15.0. The number of methoxy groups -OCH3 is 2. The molecule has 1 amide bonds. The van der Waals surface area contributed by atoms with Gasteiger partial charge in [0.05, 0.1) is 30.0 Å². The lowest BCUT2D eigenvalue weighted by Gasteiger charge is -2.11. The van der Waals surface area contributed by atoms with Crippen LogP contribution in [0.1, 0.15) is 0 Å². The van der Waals surface area contributed by atoms with E-state index in [2.05, 4.69) is 22.1 Å². The van der Waals surface area contributed by atoms with Crippen molar-refractivity contribution in [3.05, 3.63) is 59.1 Å². The summed E-state index contributed by atoms with van der Waals surface area (Å²) >= 11 is 13.2. The van der Waals surface area contributed by atoms with E-state index in [1.165, 1.54) is 11.8 Å². The van der Waals surface area contributed by atoms with Gasteiger partial charge in [0, 0.05) is 17.8 Å². The third kappa shape index (κ3) is 5.52. The van der Waals surface area contributed by atoms with Gasteiger partial charge < -0.3 is 14.8 Å². The number of benzene rings is 2. The van der Waals surface area contributed by atoms with Crippen LogP contribution >= 0.6 is 35.0 Å². The number of thioether (sulfide) groups is 1. The maximum absolute atomic E-state index is 12.4. The fourth-order valence-corrected chi connectivity index (χ4v) is 3.82. The Morgan fingerprint density at radius 2 is 1.90 bits per heavy atom. The molecule has 10 heteroatoms. The number of aromatic nitrogens is 3. The van der Waals surface area contributed by atoms with Crippen molar-refractivity contribution < 1.29 is 14.3 Å². The number of amides is 1. The molecule has 2 aromatic carbocycles. The molecule has 0 saturated carbocycles. The standard InChI is InChI=1S/C21H20Cl2N4O3S/c1-4-9-27-20(13-5-8-17(29-2)18(10-13)30-3)25-26-21(27)31-12-19(28)24-14-6-7-15(22)16(23)11-14/h4-8,10-11H,1,9,12H2,2-3H3,(H,24,28). The Bertz CT molecular complexity index is 1100. The number of hydrogen-bond donors (Lipinski definition) is 1. The van der Waals surface area contributed by atoms with Crippen LogP contribution in [0, 0.1) is 0 Å². The highest BCUT2D eigenvalue weighted by Crippen LogP contribution is 2.33. The number of carbonyl (C=O) groups excluding carboxylic acids is 1. The van der Waals surface area contributed by atoms with Crippen LogP contribution in [0.25, 0.3) is 11.4 Å². The van der Waals surface area contributed by atoms with Gasteiger partial charge in [-0.2, -0.15) is 0 Å². The van der Waals surface area contributed by atoms with E-state index in [1.54, 1.807) is 44.6 Å². The maximum Gasteiger partial charge on any atom is 0.234 e. The molecule has 0 fully saturated rings. The lowest BCUT2D eigenvalue weighted by Crippen LogP contribution is -2.14. The van der Waals surface area contributed by atoms with E-state index >= 15 is 0 Å². The Labute approximate surface area is 194 Å². The topological polar surface area (TPSA) is 78.3 Å². The van der Waals surface area contributed by atoms with Crippen LogP contribution in [0.4, 0.5) is 5.69 Å². The highest BCUT2D eigenvalue weighted by atomic mass is 35.5. The highest BCUT2D eigenvalue weighted by molar-refractivity contribution is 7.99. The zero-order valence-corrected chi connectivity index (χ0v) is 19.2. The Balaban J connectivity index is 1.76. The van der Waals surface area contributed by atoms with Crippen molar-refractivity contribution in [2.75, 3.05) is 25.3 Å². The Morgan fingerprint density at radius 1 is 1.13 bits per heavy atom. The number of nitrogens with zero attached hydrogens (tertiary/aromatic N) is 3. The average molecular weight is 479 g/mol. The van der Waals surface area contributed by atoms with E-state index in [0.29, 0.717) is 44.8 Å². The van der Waals surface area contributed by atoms with Crippen LogP contribution in [-0.2, 0) is 11.3 Å². The van der Waals surface area contributed by atoms with Crippen molar-refractivity contribution >= 4 is 46.6 Å². The van der Waals surface area contributed by atoms with Crippen molar-refractivity contribution in [1.29, 1.82) is 0 Å². The first-order valence-corrected chi connectivity index (χ1v) is 10.8. The molecule has 3 rings (SSSR count). The molecule has 0 aliphatic rings. The van der Waals surface area contributed by atoms with Crippen LogP contribution in [-0.4, -0.2) is 40.6 Å². The van der Waals surface area contributed by atoms with E-state index in [-0.39, 0.29) is 11.7 Å². The SMILES string of the molecule is C=CCn1c(SCC(=O)Nc2ccc(Cl)c(Cl)c2)nnc1-c1ccc(OC)c(OC)c1. The summed E-state index contributed by atoms with van der Waals surface area (Å²) in [5, 5.41) is 12.7. The molecular formula is C21H20Cl2N4O3S. The number of rotatable bonds is 9. The third-order valence-electron chi connectivity index (χ3n) is 4.21.